The van der Waals surface area contributed by atoms with Gasteiger partial charge in [0.25, 0.3) is 0 Å². The number of carbonyl (C=O) groups is 1. The summed E-state index contributed by atoms with van der Waals surface area (Å²) in [4.78, 5) is 11.3. The van der Waals surface area contributed by atoms with Crippen molar-refractivity contribution in [3.63, 3.8) is 0 Å². The van der Waals surface area contributed by atoms with Gasteiger partial charge in [0.15, 0.2) is 0 Å². The van der Waals surface area contributed by atoms with Crippen LogP contribution in [0.4, 0.5) is 4.79 Å². The highest BCUT2D eigenvalue weighted by Crippen LogP contribution is 2.17. The Morgan fingerprint density at radius 2 is 2.00 bits per heavy atom. The molecular formula is C8H16NO2+. The molecule has 1 aliphatic rings. The van der Waals surface area contributed by atoms with Crippen LogP contribution in [0.3, 0.4) is 0 Å². The molecule has 11 heavy (non-hydrogen) atoms. The van der Waals surface area contributed by atoms with Crippen LogP contribution in [0.5, 0.6) is 0 Å². The van der Waals surface area contributed by atoms with Gasteiger partial charge in [-0.2, -0.15) is 4.79 Å². The van der Waals surface area contributed by atoms with Crippen molar-refractivity contribution < 1.29 is 14.0 Å². The average molecular weight is 158 g/mol. The third-order valence-corrected chi connectivity index (χ3v) is 2.26. The van der Waals surface area contributed by atoms with E-state index in [4.69, 9.17) is 4.74 Å². The van der Waals surface area contributed by atoms with E-state index in [1.54, 1.807) is 0 Å². The zero-order valence-electron chi connectivity index (χ0n) is 7.30. The molecular weight excluding hydrogens is 142 g/mol. The number of hydrogen-bond donors (Lipinski definition) is 0. The number of ether oxygens (including phenoxy) is 1. The van der Waals surface area contributed by atoms with Gasteiger partial charge in [-0.25, -0.2) is 4.48 Å². The summed E-state index contributed by atoms with van der Waals surface area (Å²) in [6.45, 7) is 4.23. The van der Waals surface area contributed by atoms with E-state index >= 15 is 0 Å². The summed E-state index contributed by atoms with van der Waals surface area (Å²) in [5, 5.41) is 0. The van der Waals surface area contributed by atoms with Gasteiger partial charge in [0.05, 0.1) is 26.7 Å². The van der Waals surface area contributed by atoms with Crippen LogP contribution in [0.2, 0.25) is 0 Å². The maximum Gasteiger partial charge on any atom is 0.515 e. The predicted octanol–water partition coefficient (Wildman–Crippen LogP) is 1.38. The predicted molar refractivity (Wildman–Crippen MR) is 42.2 cm³/mol. The average Bonchev–Trinajstić information content (AvgIpc) is 2.38. The lowest BCUT2D eigenvalue weighted by molar-refractivity contribution is -0.824. The highest BCUT2D eigenvalue weighted by Gasteiger charge is 2.36. The maximum absolute atomic E-state index is 11.3. The van der Waals surface area contributed by atoms with Crippen molar-refractivity contribution >= 4 is 6.09 Å². The van der Waals surface area contributed by atoms with Crippen molar-refractivity contribution in [2.24, 2.45) is 0 Å². The van der Waals surface area contributed by atoms with Crippen LogP contribution in [0.25, 0.3) is 0 Å². The van der Waals surface area contributed by atoms with Gasteiger partial charge in [0.1, 0.15) is 0 Å². The van der Waals surface area contributed by atoms with Crippen molar-refractivity contribution in [3.05, 3.63) is 0 Å². The minimum Gasteiger partial charge on any atom is -0.420 e. The van der Waals surface area contributed by atoms with Gasteiger partial charge in [-0.05, 0) is 6.92 Å². The maximum atomic E-state index is 11.3. The van der Waals surface area contributed by atoms with E-state index in [9.17, 15) is 4.79 Å². The lowest BCUT2D eigenvalue weighted by Crippen LogP contribution is -2.46. The summed E-state index contributed by atoms with van der Waals surface area (Å²) >= 11 is 0. The first-order valence-electron chi connectivity index (χ1n) is 4.21. The van der Waals surface area contributed by atoms with E-state index in [0.29, 0.717) is 11.1 Å². The Morgan fingerprint density at radius 1 is 1.45 bits per heavy atom. The fourth-order valence-corrected chi connectivity index (χ4v) is 1.50. The fraction of sp³-hybridized carbons (Fsp3) is 0.875. The first-order chi connectivity index (χ1) is 5.19. The van der Waals surface area contributed by atoms with Crippen LogP contribution in [0, 0.1) is 0 Å². The summed E-state index contributed by atoms with van der Waals surface area (Å²) in [5.74, 6) is 0. The first-order valence-corrected chi connectivity index (χ1v) is 4.21. The molecule has 3 heteroatoms. The largest absolute Gasteiger partial charge is 0.515 e. The molecule has 1 aliphatic heterocycles. The molecule has 0 N–H and O–H groups in total. The molecule has 0 aromatic rings. The molecule has 0 aromatic carbocycles. The standard InChI is InChI=1S/C8H16NO2/c1-3-11-8(10)9(2)6-4-5-7-9/h3-7H2,1-2H3/q+1. The Hall–Kier alpha value is -0.570. The molecule has 0 spiro atoms. The zero-order valence-corrected chi connectivity index (χ0v) is 7.30. The molecule has 64 valence electrons. The van der Waals surface area contributed by atoms with Gasteiger partial charge in [-0.1, -0.05) is 0 Å². The first kappa shape index (κ1) is 8.53. The fourth-order valence-electron chi connectivity index (χ4n) is 1.50. The number of rotatable bonds is 1. The Labute approximate surface area is 67.5 Å². The van der Waals surface area contributed by atoms with E-state index in [-0.39, 0.29) is 6.09 Å². The number of hydrogen-bond acceptors (Lipinski definition) is 2. The topological polar surface area (TPSA) is 26.3 Å². The molecule has 0 bridgehead atoms. The van der Waals surface area contributed by atoms with E-state index in [1.807, 2.05) is 14.0 Å². The highest BCUT2D eigenvalue weighted by molar-refractivity contribution is 5.59. The molecule has 0 aliphatic carbocycles. The minimum absolute atomic E-state index is 0.0648. The third kappa shape index (κ3) is 1.71. The summed E-state index contributed by atoms with van der Waals surface area (Å²) in [5.41, 5.74) is 0. The second kappa shape index (κ2) is 3.22. The Balaban J connectivity index is 2.49. The lowest BCUT2D eigenvalue weighted by Gasteiger charge is -2.23. The van der Waals surface area contributed by atoms with Gasteiger partial charge >= 0.3 is 6.09 Å². The van der Waals surface area contributed by atoms with Crippen LogP contribution in [-0.4, -0.2) is 37.3 Å². The van der Waals surface area contributed by atoms with E-state index in [0.717, 1.165) is 25.9 Å². The third-order valence-electron chi connectivity index (χ3n) is 2.26. The number of quaternary nitrogens is 1. The molecule has 3 nitrogen and oxygen atoms in total. The Bertz CT molecular complexity index is 150. The van der Waals surface area contributed by atoms with E-state index in [1.165, 1.54) is 0 Å². The summed E-state index contributed by atoms with van der Waals surface area (Å²) in [6.07, 6.45) is 2.23. The minimum atomic E-state index is -0.0648. The summed E-state index contributed by atoms with van der Waals surface area (Å²) in [7, 11) is 1.95. The van der Waals surface area contributed by atoms with Crippen molar-refractivity contribution in [1.82, 2.24) is 0 Å². The molecule has 1 rings (SSSR count). The van der Waals surface area contributed by atoms with Crippen LogP contribution in [0.1, 0.15) is 19.8 Å². The monoisotopic (exact) mass is 158 g/mol. The van der Waals surface area contributed by atoms with Gasteiger partial charge in [0, 0.05) is 12.8 Å². The van der Waals surface area contributed by atoms with Crippen LogP contribution >= 0.6 is 0 Å². The molecule has 0 aromatic heterocycles. The van der Waals surface area contributed by atoms with Gasteiger partial charge in [-0.3, -0.25) is 0 Å². The molecule has 0 saturated carbocycles. The second-order valence-corrected chi connectivity index (χ2v) is 3.25. The lowest BCUT2D eigenvalue weighted by atomic mass is 10.4. The normalized spacial score (nSPS) is 21.6. The molecule has 1 fully saturated rings. The van der Waals surface area contributed by atoms with Crippen molar-refractivity contribution in [1.29, 1.82) is 0 Å². The SMILES string of the molecule is CCOC(=O)[N+]1(C)CCCC1. The highest BCUT2D eigenvalue weighted by atomic mass is 16.6. The number of carbonyl (C=O) groups excluding carboxylic acids is 1. The number of nitrogens with zero attached hydrogens (tertiary/aromatic N) is 1. The zero-order chi connectivity index (χ0) is 8.32. The molecule has 0 unspecified atom stereocenters. The summed E-state index contributed by atoms with van der Waals surface area (Å²) in [6, 6.07) is 0. The Morgan fingerprint density at radius 3 is 2.45 bits per heavy atom. The molecule has 1 saturated heterocycles. The quantitative estimate of drug-likeness (QED) is 0.539. The van der Waals surface area contributed by atoms with Crippen molar-refractivity contribution in [3.8, 4) is 0 Å². The second-order valence-electron chi connectivity index (χ2n) is 3.25. The Kier molecular flexibility index (Phi) is 2.49. The van der Waals surface area contributed by atoms with Crippen molar-refractivity contribution in [2.75, 3.05) is 26.7 Å². The number of amides is 1. The summed E-state index contributed by atoms with van der Waals surface area (Å²) < 4.78 is 5.44. The van der Waals surface area contributed by atoms with E-state index < -0.39 is 0 Å². The van der Waals surface area contributed by atoms with E-state index in [2.05, 4.69) is 0 Å². The molecule has 1 heterocycles. The molecule has 0 radical (unpaired) electrons. The van der Waals surface area contributed by atoms with Gasteiger partial charge < -0.3 is 4.74 Å². The van der Waals surface area contributed by atoms with Crippen molar-refractivity contribution in [2.45, 2.75) is 19.8 Å². The number of likely N-dealkylation sites (tertiary alicyclic amines) is 1. The van der Waals surface area contributed by atoms with Crippen LogP contribution in [0.15, 0.2) is 0 Å². The van der Waals surface area contributed by atoms with Gasteiger partial charge in [-0.15, -0.1) is 0 Å². The smallest absolute Gasteiger partial charge is 0.420 e. The molecule has 1 amide bonds. The molecule has 0 atom stereocenters. The van der Waals surface area contributed by atoms with Crippen LogP contribution < -0.4 is 0 Å². The van der Waals surface area contributed by atoms with Gasteiger partial charge in [0.2, 0.25) is 0 Å². The van der Waals surface area contributed by atoms with Crippen LogP contribution in [-0.2, 0) is 4.74 Å².